The number of carbonyl (C=O) groups excluding carboxylic acids is 1. The van der Waals surface area contributed by atoms with E-state index in [0.29, 0.717) is 11.3 Å². The molecule has 0 aliphatic heterocycles. The summed E-state index contributed by atoms with van der Waals surface area (Å²) in [6.45, 7) is 3.19. The molecule has 0 saturated heterocycles. The van der Waals surface area contributed by atoms with E-state index in [1.807, 2.05) is 0 Å². The highest BCUT2D eigenvalue weighted by atomic mass is 79.9. The minimum atomic E-state index is -0.730. The zero-order valence-electron chi connectivity index (χ0n) is 9.11. The number of hydrogen-bond acceptors (Lipinski definition) is 3. The van der Waals surface area contributed by atoms with Crippen LogP contribution in [0.3, 0.4) is 0 Å². The summed E-state index contributed by atoms with van der Waals surface area (Å²) in [5.41, 5.74) is 5.73. The zero-order chi connectivity index (χ0) is 12.3. The first-order chi connectivity index (χ1) is 7.41. The van der Waals surface area contributed by atoms with Crippen molar-refractivity contribution in [2.45, 2.75) is 26.1 Å². The van der Waals surface area contributed by atoms with Crippen LogP contribution >= 0.6 is 15.9 Å². The van der Waals surface area contributed by atoms with Crippen LogP contribution in [-0.2, 0) is 4.79 Å². The fraction of sp³-hybridized carbons (Fsp3) is 0.364. The predicted molar refractivity (Wildman–Crippen MR) is 64.1 cm³/mol. The first-order valence-electron chi connectivity index (χ1n) is 4.85. The van der Waals surface area contributed by atoms with E-state index in [4.69, 9.17) is 10.5 Å². The van der Waals surface area contributed by atoms with Crippen LogP contribution in [-0.4, -0.2) is 17.1 Å². The summed E-state index contributed by atoms with van der Waals surface area (Å²) in [5, 5.41) is 9.54. The summed E-state index contributed by atoms with van der Waals surface area (Å²) < 4.78 is 6.19. The summed E-state index contributed by atoms with van der Waals surface area (Å²) in [6.07, 6.45) is -1.39. The van der Waals surface area contributed by atoms with Crippen molar-refractivity contribution in [1.82, 2.24) is 0 Å². The third-order valence-corrected chi connectivity index (χ3v) is 2.62. The maximum Gasteiger partial charge on any atom is 0.258 e. The number of benzene rings is 1. The molecule has 0 heterocycles. The van der Waals surface area contributed by atoms with Gasteiger partial charge in [-0.1, -0.05) is 22.0 Å². The Morgan fingerprint density at radius 1 is 1.50 bits per heavy atom. The molecule has 0 saturated carbocycles. The Morgan fingerprint density at radius 3 is 2.62 bits per heavy atom. The standard InChI is InChI=1S/C11H14BrNO3/c1-6(14)9-4-3-8(12)5-10(9)16-7(2)11(13)15/h3-7,14H,1-2H3,(H2,13,15)/t6-,7?/m0/s1. The molecular weight excluding hydrogens is 274 g/mol. The number of amides is 1. The molecule has 0 bridgehead atoms. The monoisotopic (exact) mass is 287 g/mol. The maximum absolute atomic E-state index is 10.9. The van der Waals surface area contributed by atoms with Crippen LogP contribution in [0, 0.1) is 0 Å². The Kier molecular flexibility index (Phi) is 4.32. The van der Waals surface area contributed by atoms with E-state index < -0.39 is 18.1 Å². The van der Waals surface area contributed by atoms with Crippen molar-refractivity contribution in [2.24, 2.45) is 5.73 Å². The molecule has 4 nitrogen and oxygen atoms in total. The average Bonchev–Trinajstić information content (AvgIpc) is 2.16. The van der Waals surface area contributed by atoms with E-state index in [0.717, 1.165) is 4.47 Å². The lowest BCUT2D eigenvalue weighted by molar-refractivity contribution is -0.124. The molecule has 0 aromatic heterocycles. The Bertz CT molecular complexity index is 393. The molecule has 1 aromatic carbocycles. The minimum Gasteiger partial charge on any atom is -0.480 e. The second-order valence-electron chi connectivity index (χ2n) is 3.52. The molecule has 0 radical (unpaired) electrons. The lowest BCUT2D eigenvalue weighted by Crippen LogP contribution is -2.31. The second-order valence-corrected chi connectivity index (χ2v) is 4.44. The van der Waals surface area contributed by atoms with Crippen molar-refractivity contribution in [2.75, 3.05) is 0 Å². The highest BCUT2D eigenvalue weighted by Gasteiger charge is 2.15. The van der Waals surface area contributed by atoms with Gasteiger partial charge in [-0.25, -0.2) is 0 Å². The molecule has 3 N–H and O–H groups in total. The van der Waals surface area contributed by atoms with Gasteiger partial charge in [-0.05, 0) is 26.0 Å². The number of primary amides is 1. The molecule has 16 heavy (non-hydrogen) atoms. The van der Waals surface area contributed by atoms with E-state index in [-0.39, 0.29) is 0 Å². The van der Waals surface area contributed by atoms with Crippen LogP contribution in [0.5, 0.6) is 5.75 Å². The zero-order valence-corrected chi connectivity index (χ0v) is 10.7. The van der Waals surface area contributed by atoms with E-state index in [2.05, 4.69) is 15.9 Å². The van der Waals surface area contributed by atoms with E-state index in [1.165, 1.54) is 0 Å². The first-order valence-corrected chi connectivity index (χ1v) is 5.64. The highest BCUT2D eigenvalue weighted by Crippen LogP contribution is 2.29. The lowest BCUT2D eigenvalue weighted by atomic mass is 10.1. The molecule has 2 atom stereocenters. The predicted octanol–water partition coefficient (Wildman–Crippen LogP) is 1.75. The van der Waals surface area contributed by atoms with Crippen molar-refractivity contribution >= 4 is 21.8 Å². The number of rotatable bonds is 4. The fourth-order valence-corrected chi connectivity index (χ4v) is 1.54. The van der Waals surface area contributed by atoms with Gasteiger partial charge in [-0.2, -0.15) is 0 Å². The molecule has 0 fully saturated rings. The van der Waals surface area contributed by atoms with Crippen LogP contribution in [0.4, 0.5) is 0 Å². The largest absolute Gasteiger partial charge is 0.480 e. The van der Waals surface area contributed by atoms with Gasteiger partial charge in [0.2, 0.25) is 0 Å². The van der Waals surface area contributed by atoms with Crippen LogP contribution < -0.4 is 10.5 Å². The summed E-state index contributed by atoms with van der Waals surface area (Å²) >= 11 is 3.29. The molecule has 0 aliphatic carbocycles. The molecule has 1 rings (SSSR count). The third kappa shape index (κ3) is 3.21. The first kappa shape index (κ1) is 13.0. The van der Waals surface area contributed by atoms with Crippen molar-refractivity contribution in [3.63, 3.8) is 0 Å². The SMILES string of the molecule is CC(Oc1cc(Br)ccc1[C@H](C)O)C(N)=O. The van der Waals surface area contributed by atoms with Gasteiger partial charge >= 0.3 is 0 Å². The van der Waals surface area contributed by atoms with Gasteiger partial charge in [0, 0.05) is 10.0 Å². The Labute approximate surface area is 103 Å². The molecular formula is C11H14BrNO3. The van der Waals surface area contributed by atoms with Gasteiger partial charge in [0.05, 0.1) is 6.10 Å². The van der Waals surface area contributed by atoms with Crippen molar-refractivity contribution in [3.05, 3.63) is 28.2 Å². The number of carbonyl (C=O) groups is 1. The molecule has 1 unspecified atom stereocenters. The van der Waals surface area contributed by atoms with Crippen molar-refractivity contribution < 1.29 is 14.6 Å². The lowest BCUT2D eigenvalue weighted by Gasteiger charge is -2.16. The minimum absolute atomic E-state index is 0.454. The van der Waals surface area contributed by atoms with Crippen LogP contribution in [0.2, 0.25) is 0 Å². The van der Waals surface area contributed by atoms with Crippen LogP contribution in [0.1, 0.15) is 25.5 Å². The normalized spacial score (nSPS) is 14.2. The van der Waals surface area contributed by atoms with Gasteiger partial charge in [-0.15, -0.1) is 0 Å². The van der Waals surface area contributed by atoms with E-state index >= 15 is 0 Å². The van der Waals surface area contributed by atoms with Gasteiger partial charge < -0.3 is 15.6 Å². The van der Waals surface area contributed by atoms with E-state index in [1.54, 1.807) is 32.0 Å². The fourth-order valence-electron chi connectivity index (χ4n) is 1.20. The van der Waals surface area contributed by atoms with Gasteiger partial charge in [-0.3, -0.25) is 4.79 Å². The summed E-state index contributed by atoms with van der Waals surface area (Å²) in [4.78, 5) is 10.9. The number of aliphatic hydroxyl groups is 1. The topological polar surface area (TPSA) is 72.6 Å². The molecule has 88 valence electrons. The van der Waals surface area contributed by atoms with Crippen molar-refractivity contribution in [3.8, 4) is 5.75 Å². The summed E-state index contributed by atoms with van der Waals surface area (Å²) in [7, 11) is 0. The Hall–Kier alpha value is -1.07. The molecule has 0 aliphatic rings. The molecule has 0 spiro atoms. The summed E-state index contributed by atoms with van der Waals surface area (Å²) in [5.74, 6) is -0.0906. The molecule has 5 heteroatoms. The van der Waals surface area contributed by atoms with Crippen molar-refractivity contribution in [1.29, 1.82) is 0 Å². The number of hydrogen-bond donors (Lipinski definition) is 2. The molecule has 1 aromatic rings. The second kappa shape index (κ2) is 5.32. The van der Waals surface area contributed by atoms with Gasteiger partial charge in [0.25, 0.3) is 5.91 Å². The number of halogens is 1. The molecule has 1 amide bonds. The highest BCUT2D eigenvalue weighted by molar-refractivity contribution is 9.10. The summed E-state index contributed by atoms with van der Waals surface area (Å²) in [6, 6.07) is 5.23. The number of ether oxygens (including phenoxy) is 1. The Balaban J connectivity index is 3.01. The number of aliphatic hydroxyl groups excluding tert-OH is 1. The van der Waals surface area contributed by atoms with Crippen LogP contribution in [0.25, 0.3) is 0 Å². The van der Waals surface area contributed by atoms with Crippen LogP contribution in [0.15, 0.2) is 22.7 Å². The smallest absolute Gasteiger partial charge is 0.258 e. The number of nitrogens with two attached hydrogens (primary N) is 1. The quantitative estimate of drug-likeness (QED) is 0.886. The third-order valence-electron chi connectivity index (χ3n) is 2.13. The van der Waals surface area contributed by atoms with E-state index in [9.17, 15) is 9.90 Å². The van der Waals surface area contributed by atoms with Gasteiger partial charge in [0.1, 0.15) is 5.75 Å². The maximum atomic E-state index is 10.9. The average molecular weight is 288 g/mol. The van der Waals surface area contributed by atoms with Gasteiger partial charge in [0.15, 0.2) is 6.10 Å². The Morgan fingerprint density at radius 2 is 2.12 bits per heavy atom.